The van der Waals surface area contributed by atoms with Crippen LogP contribution in [0.2, 0.25) is 0 Å². The first kappa shape index (κ1) is 22.2. The SMILES string of the molecule is Cc1ccc(NC(=O)NCC[C@H]2CCCCN2S(=O)(=O)c2ccc(F)cc2C)cc1. The maximum absolute atomic E-state index is 13.4. The first-order valence-electron chi connectivity index (χ1n) is 10.2. The number of carbonyl (C=O) groups is 1. The van der Waals surface area contributed by atoms with Crippen LogP contribution in [-0.4, -0.2) is 37.9 Å². The van der Waals surface area contributed by atoms with Gasteiger partial charge >= 0.3 is 6.03 Å². The molecule has 1 fully saturated rings. The van der Waals surface area contributed by atoms with Crippen LogP contribution in [0.1, 0.15) is 36.8 Å². The van der Waals surface area contributed by atoms with Crippen LogP contribution < -0.4 is 10.6 Å². The van der Waals surface area contributed by atoms with Crippen molar-refractivity contribution in [3.05, 3.63) is 59.4 Å². The van der Waals surface area contributed by atoms with Gasteiger partial charge in [0.15, 0.2) is 0 Å². The van der Waals surface area contributed by atoms with E-state index in [4.69, 9.17) is 0 Å². The quantitative estimate of drug-likeness (QED) is 0.717. The third kappa shape index (κ3) is 5.37. The highest BCUT2D eigenvalue weighted by Gasteiger charge is 2.34. The molecule has 6 nitrogen and oxygen atoms in total. The number of hydrogen-bond acceptors (Lipinski definition) is 3. The molecular formula is C22H28FN3O3S. The van der Waals surface area contributed by atoms with E-state index < -0.39 is 15.8 Å². The average Bonchev–Trinajstić information content (AvgIpc) is 2.70. The molecule has 1 aliphatic rings. The van der Waals surface area contributed by atoms with Gasteiger partial charge in [0.05, 0.1) is 4.90 Å². The minimum Gasteiger partial charge on any atom is -0.338 e. The lowest BCUT2D eigenvalue weighted by Gasteiger charge is -2.35. The summed E-state index contributed by atoms with van der Waals surface area (Å²) in [6.07, 6.45) is 2.98. The largest absolute Gasteiger partial charge is 0.338 e. The lowest BCUT2D eigenvalue weighted by Crippen LogP contribution is -2.45. The zero-order valence-corrected chi connectivity index (χ0v) is 18.1. The van der Waals surface area contributed by atoms with Gasteiger partial charge in [-0.3, -0.25) is 0 Å². The first-order chi connectivity index (χ1) is 14.3. The number of nitrogens with one attached hydrogen (secondary N) is 2. The number of benzene rings is 2. The number of aryl methyl sites for hydroxylation is 2. The van der Waals surface area contributed by atoms with Gasteiger partial charge in [-0.15, -0.1) is 0 Å². The fourth-order valence-electron chi connectivity index (χ4n) is 3.77. The molecule has 0 saturated carbocycles. The molecule has 0 aliphatic carbocycles. The molecule has 0 aromatic heterocycles. The minimum absolute atomic E-state index is 0.140. The highest BCUT2D eigenvalue weighted by atomic mass is 32.2. The summed E-state index contributed by atoms with van der Waals surface area (Å²) in [5.74, 6) is -0.453. The van der Waals surface area contributed by atoms with Crippen molar-refractivity contribution in [2.24, 2.45) is 0 Å². The zero-order valence-electron chi connectivity index (χ0n) is 17.3. The fourth-order valence-corrected chi connectivity index (χ4v) is 5.70. The van der Waals surface area contributed by atoms with Crippen LogP contribution in [0.5, 0.6) is 0 Å². The number of piperidine rings is 1. The number of nitrogens with zero attached hydrogens (tertiary/aromatic N) is 1. The molecule has 2 amide bonds. The molecule has 0 spiro atoms. The third-order valence-corrected chi connectivity index (χ3v) is 7.48. The van der Waals surface area contributed by atoms with Gasteiger partial charge in [0.25, 0.3) is 0 Å². The summed E-state index contributed by atoms with van der Waals surface area (Å²) >= 11 is 0. The number of carbonyl (C=O) groups excluding carboxylic acids is 1. The van der Waals surface area contributed by atoms with E-state index in [9.17, 15) is 17.6 Å². The maximum atomic E-state index is 13.4. The molecule has 3 rings (SSSR count). The summed E-state index contributed by atoms with van der Waals surface area (Å²) < 4.78 is 41.3. The smallest absolute Gasteiger partial charge is 0.319 e. The lowest BCUT2D eigenvalue weighted by molar-refractivity contribution is 0.234. The Morgan fingerprint density at radius 1 is 1.13 bits per heavy atom. The molecule has 2 N–H and O–H groups in total. The van der Waals surface area contributed by atoms with Gasteiger partial charge in [0.1, 0.15) is 5.82 Å². The van der Waals surface area contributed by atoms with Crippen LogP contribution in [0, 0.1) is 19.7 Å². The summed E-state index contributed by atoms with van der Waals surface area (Å²) in [6.45, 7) is 4.36. The van der Waals surface area contributed by atoms with E-state index in [0.29, 0.717) is 30.8 Å². The molecule has 30 heavy (non-hydrogen) atoms. The maximum Gasteiger partial charge on any atom is 0.319 e. The molecule has 1 aliphatic heterocycles. The van der Waals surface area contributed by atoms with Gasteiger partial charge < -0.3 is 10.6 Å². The Labute approximate surface area is 177 Å². The van der Waals surface area contributed by atoms with Crippen molar-refractivity contribution in [3.63, 3.8) is 0 Å². The van der Waals surface area contributed by atoms with Crippen LogP contribution in [-0.2, 0) is 10.0 Å². The first-order valence-corrected chi connectivity index (χ1v) is 11.6. The number of halogens is 1. The van der Waals surface area contributed by atoms with E-state index in [0.717, 1.165) is 24.8 Å². The Hall–Kier alpha value is -2.45. The van der Waals surface area contributed by atoms with Crippen LogP contribution >= 0.6 is 0 Å². The molecule has 0 bridgehead atoms. The van der Waals surface area contributed by atoms with Crippen molar-refractivity contribution >= 4 is 21.7 Å². The second-order valence-corrected chi connectivity index (χ2v) is 9.57. The number of rotatable bonds is 6. The van der Waals surface area contributed by atoms with Crippen LogP contribution in [0.15, 0.2) is 47.4 Å². The number of hydrogen-bond donors (Lipinski definition) is 2. The number of amides is 2. The Morgan fingerprint density at radius 3 is 2.57 bits per heavy atom. The van der Waals surface area contributed by atoms with Crippen molar-refractivity contribution < 1.29 is 17.6 Å². The van der Waals surface area contributed by atoms with Crippen molar-refractivity contribution in [1.29, 1.82) is 0 Å². The second-order valence-electron chi connectivity index (χ2n) is 7.71. The normalized spacial score (nSPS) is 17.5. The molecular weight excluding hydrogens is 405 g/mol. The second kappa shape index (κ2) is 9.57. The fraction of sp³-hybridized carbons (Fsp3) is 0.409. The standard InChI is InChI=1S/C22H28FN3O3S/c1-16-6-9-19(10-7-16)25-22(27)24-13-12-20-5-3-4-14-26(20)30(28,29)21-11-8-18(23)15-17(21)2/h6-11,15,20H,3-5,12-14H2,1-2H3,(H2,24,25,27)/t20-/m1/s1. The van der Waals surface area contributed by atoms with Crippen molar-refractivity contribution in [1.82, 2.24) is 9.62 Å². The van der Waals surface area contributed by atoms with Gasteiger partial charge in [-0.25, -0.2) is 17.6 Å². The molecule has 8 heteroatoms. The van der Waals surface area contributed by atoms with Crippen LogP contribution in [0.3, 0.4) is 0 Å². The van der Waals surface area contributed by atoms with Gasteiger partial charge in [-0.2, -0.15) is 4.31 Å². The highest BCUT2D eigenvalue weighted by Crippen LogP contribution is 2.28. The number of urea groups is 1. The predicted octanol–water partition coefficient (Wildman–Crippen LogP) is 4.20. The minimum atomic E-state index is -3.72. The summed E-state index contributed by atoms with van der Waals surface area (Å²) in [6, 6.07) is 10.7. The summed E-state index contributed by atoms with van der Waals surface area (Å²) in [5.41, 5.74) is 2.21. The van der Waals surface area contributed by atoms with Crippen LogP contribution in [0.25, 0.3) is 0 Å². The van der Waals surface area contributed by atoms with Gasteiger partial charge in [-0.1, -0.05) is 24.1 Å². The van der Waals surface area contributed by atoms with E-state index in [2.05, 4.69) is 10.6 Å². The van der Waals surface area contributed by atoms with E-state index in [-0.39, 0.29) is 17.0 Å². The number of sulfonamides is 1. The van der Waals surface area contributed by atoms with E-state index in [1.54, 1.807) is 6.92 Å². The Morgan fingerprint density at radius 2 is 1.87 bits per heavy atom. The average molecular weight is 434 g/mol. The summed E-state index contributed by atoms with van der Waals surface area (Å²) in [7, 11) is -3.72. The summed E-state index contributed by atoms with van der Waals surface area (Å²) in [4.78, 5) is 12.3. The molecule has 1 heterocycles. The van der Waals surface area contributed by atoms with Gasteiger partial charge in [0.2, 0.25) is 10.0 Å². The highest BCUT2D eigenvalue weighted by molar-refractivity contribution is 7.89. The van der Waals surface area contributed by atoms with Crippen LogP contribution in [0.4, 0.5) is 14.9 Å². The molecule has 2 aromatic rings. The monoisotopic (exact) mass is 433 g/mol. The molecule has 0 unspecified atom stereocenters. The van der Waals surface area contributed by atoms with E-state index in [1.165, 1.54) is 22.5 Å². The lowest BCUT2D eigenvalue weighted by atomic mass is 10.0. The Bertz CT molecular complexity index is 993. The zero-order chi connectivity index (χ0) is 21.7. The van der Waals surface area contributed by atoms with E-state index >= 15 is 0 Å². The number of anilines is 1. The van der Waals surface area contributed by atoms with Crippen molar-refractivity contribution in [3.8, 4) is 0 Å². The Balaban J connectivity index is 1.61. The topological polar surface area (TPSA) is 78.5 Å². The van der Waals surface area contributed by atoms with Crippen molar-refractivity contribution in [2.75, 3.05) is 18.4 Å². The third-order valence-electron chi connectivity index (χ3n) is 5.37. The predicted molar refractivity (Wildman–Crippen MR) is 115 cm³/mol. The van der Waals surface area contributed by atoms with E-state index in [1.807, 2.05) is 31.2 Å². The Kier molecular flexibility index (Phi) is 7.10. The van der Waals surface area contributed by atoms with Gasteiger partial charge in [-0.05, 0) is 69.0 Å². The molecule has 162 valence electrons. The molecule has 0 radical (unpaired) electrons. The molecule has 1 saturated heterocycles. The molecule has 2 aromatic carbocycles. The molecule has 1 atom stereocenters. The van der Waals surface area contributed by atoms with Gasteiger partial charge in [0, 0.05) is 24.8 Å². The van der Waals surface area contributed by atoms with Crippen molar-refractivity contribution in [2.45, 2.75) is 50.5 Å². The summed E-state index contributed by atoms with van der Waals surface area (Å²) in [5, 5.41) is 5.57.